The summed E-state index contributed by atoms with van der Waals surface area (Å²) in [6.45, 7) is 0. The van der Waals surface area contributed by atoms with Gasteiger partial charge in [0.1, 0.15) is 5.78 Å². The summed E-state index contributed by atoms with van der Waals surface area (Å²) in [6.07, 6.45) is 1.02. The minimum absolute atomic E-state index is 0.0162. The van der Waals surface area contributed by atoms with Crippen molar-refractivity contribution >= 4 is 5.78 Å². The fourth-order valence-corrected chi connectivity index (χ4v) is 2.03. The quantitative estimate of drug-likeness (QED) is 0.507. The fraction of sp³-hybridized carbons (Fsp3) is 0.857. The molecule has 56 valence electrons. The second-order valence-corrected chi connectivity index (χ2v) is 3.21. The summed E-state index contributed by atoms with van der Waals surface area (Å²) in [7, 11) is 0. The maximum atomic E-state index is 12.5. The zero-order valence-corrected chi connectivity index (χ0v) is 5.44. The third-order valence-corrected chi connectivity index (χ3v) is 2.57. The van der Waals surface area contributed by atoms with Crippen LogP contribution in [0, 0.1) is 11.8 Å². The summed E-state index contributed by atoms with van der Waals surface area (Å²) in [5, 5.41) is 0. The predicted molar refractivity (Wildman–Crippen MR) is 30.8 cm³/mol. The highest BCUT2D eigenvalue weighted by Crippen LogP contribution is 2.54. The van der Waals surface area contributed by atoms with Gasteiger partial charge in [-0.3, -0.25) is 4.79 Å². The molecule has 0 saturated heterocycles. The smallest absolute Gasteiger partial charge is 0.258 e. The Morgan fingerprint density at radius 3 is 2.60 bits per heavy atom. The number of hydrogen-bond donors (Lipinski definition) is 0. The van der Waals surface area contributed by atoms with Crippen molar-refractivity contribution in [1.29, 1.82) is 0 Å². The van der Waals surface area contributed by atoms with Crippen LogP contribution in [0.15, 0.2) is 0 Å². The molecule has 0 bridgehead atoms. The number of rotatable bonds is 0. The molecule has 1 nitrogen and oxygen atoms in total. The summed E-state index contributed by atoms with van der Waals surface area (Å²) in [6, 6.07) is 0. The molecular formula is C7H8F2O. The lowest BCUT2D eigenvalue weighted by molar-refractivity contribution is -0.170. The van der Waals surface area contributed by atoms with Crippen molar-refractivity contribution in [3.8, 4) is 0 Å². The molecule has 2 rings (SSSR count). The van der Waals surface area contributed by atoms with E-state index in [1.807, 2.05) is 0 Å². The topological polar surface area (TPSA) is 17.1 Å². The second kappa shape index (κ2) is 1.57. The van der Waals surface area contributed by atoms with Crippen LogP contribution < -0.4 is 0 Å². The number of halogens is 2. The third-order valence-electron chi connectivity index (χ3n) is 2.57. The molecule has 0 N–H and O–H groups in total. The highest BCUT2D eigenvalue weighted by atomic mass is 19.3. The van der Waals surface area contributed by atoms with Crippen LogP contribution in [0.25, 0.3) is 0 Å². The average Bonchev–Trinajstić information content (AvgIpc) is 2.06. The molecule has 0 aromatic heterocycles. The highest BCUT2D eigenvalue weighted by molar-refractivity contribution is 5.85. The molecule has 2 fully saturated rings. The number of ketones is 1. The van der Waals surface area contributed by atoms with E-state index < -0.39 is 11.8 Å². The zero-order chi connectivity index (χ0) is 7.35. The molecule has 2 aliphatic rings. The van der Waals surface area contributed by atoms with Crippen LogP contribution in [0.3, 0.4) is 0 Å². The molecule has 2 aliphatic carbocycles. The standard InChI is InChI=1S/C7H8F2O/c8-7(9)3-4-1-2-5(10)6(4)7/h4,6H,1-3H2. The van der Waals surface area contributed by atoms with E-state index in [-0.39, 0.29) is 18.1 Å². The van der Waals surface area contributed by atoms with Gasteiger partial charge in [0.15, 0.2) is 0 Å². The number of Topliss-reactive ketones (excluding diaryl/α,β-unsaturated/α-hetero) is 1. The first-order valence-electron chi connectivity index (χ1n) is 3.52. The largest absolute Gasteiger partial charge is 0.299 e. The minimum atomic E-state index is -2.65. The molecule has 2 unspecified atom stereocenters. The Kier molecular flexibility index (Phi) is 0.984. The molecule has 2 saturated carbocycles. The first-order chi connectivity index (χ1) is 4.61. The highest BCUT2D eigenvalue weighted by Gasteiger charge is 2.61. The van der Waals surface area contributed by atoms with Crippen molar-refractivity contribution in [3.63, 3.8) is 0 Å². The predicted octanol–water partition coefficient (Wildman–Crippen LogP) is 1.62. The van der Waals surface area contributed by atoms with Crippen molar-refractivity contribution < 1.29 is 13.6 Å². The van der Waals surface area contributed by atoms with Crippen LogP contribution in [0.4, 0.5) is 8.78 Å². The Morgan fingerprint density at radius 2 is 2.20 bits per heavy atom. The van der Waals surface area contributed by atoms with E-state index >= 15 is 0 Å². The number of fused-ring (bicyclic) bond motifs is 1. The number of carbonyl (C=O) groups is 1. The van der Waals surface area contributed by atoms with Gasteiger partial charge in [-0.1, -0.05) is 0 Å². The van der Waals surface area contributed by atoms with Gasteiger partial charge in [-0.25, -0.2) is 8.78 Å². The first kappa shape index (κ1) is 6.25. The van der Waals surface area contributed by atoms with Crippen LogP contribution in [-0.4, -0.2) is 11.7 Å². The Balaban J connectivity index is 2.20. The van der Waals surface area contributed by atoms with E-state index in [1.54, 1.807) is 0 Å². The molecule has 0 amide bonds. The molecule has 0 aromatic rings. The Hall–Kier alpha value is -0.470. The Bertz CT molecular complexity index is 188. The second-order valence-electron chi connectivity index (χ2n) is 3.21. The molecular weight excluding hydrogens is 138 g/mol. The monoisotopic (exact) mass is 146 g/mol. The fourth-order valence-electron chi connectivity index (χ4n) is 2.03. The lowest BCUT2D eigenvalue weighted by Gasteiger charge is -2.38. The van der Waals surface area contributed by atoms with E-state index in [9.17, 15) is 13.6 Å². The van der Waals surface area contributed by atoms with Crippen molar-refractivity contribution in [2.75, 3.05) is 0 Å². The van der Waals surface area contributed by atoms with Gasteiger partial charge in [-0.2, -0.15) is 0 Å². The molecule has 3 heteroatoms. The maximum absolute atomic E-state index is 12.5. The van der Waals surface area contributed by atoms with Crippen LogP contribution in [0.1, 0.15) is 19.3 Å². The summed E-state index contributed by atoms with van der Waals surface area (Å²) >= 11 is 0. The van der Waals surface area contributed by atoms with Crippen LogP contribution in [-0.2, 0) is 4.79 Å². The van der Waals surface area contributed by atoms with Crippen LogP contribution >= 0.6 is 0 Å². The van der Waals surface area contributed by atoms with Crippen molar-refractivity contribution in [1.82, 2.24) is 0 Å². The summed E-state index contributed by atoms with van der Waals surface area (Å²) in [5.41, 5.74) is 0. The van der Waals surface area contributed by atoms with Crippen molar-refractivity contribution in [2.24, 2.45) is 11.8 Å². The van der Waals surface area contributed by atoms with E-state index in [1.165, 1.54) is 0 Å². The van der Waals surface area contributed by atoms with Gasteiger partial charge in [0.05, 0.1) is 5.92 Å². The minimum Gasteiger partial charge on any atom is -0.299 e. The average molecular weight is 146 g/mol. The van der Waals surface area contributed by atoms with Gasteiger partial charge in [-0.15, -0.1) is 0 Å². The summed E-state index contributed by atoms with van der Waals surface area (Å²) in [4.78, 5) is 10.8. The van der Waals surface area contributed by atoms with E-state index in [2.05, 4.69) is 0 Å². The van der Waals surface area contributed by atoms with Gasteiger partial charge in [0, 0.05) is 12.8 Å². The third kappa shape index (κ3) is 0.580. The van der Waals surface area contributed by atoms with Crippen molar-refractivity contribution in [3.05, 3.63) is 0 Å². The molecule has 0 spiro atoms. The molecule has 0 heterocycles. The maximum Gasteiger partial charge on any atom is 0.258 e. The zero-order valence-electron chi connectivity index (χ0n) is 5.44. The van der Waals surface area contributed by atoms with Crippen molar-refractivity contribution in [2.45, 2.75) is 25.2 Å². The van der Waals surface area contributed by atoms with Gasteiger partial charge in [0.25, 0.3) is 5.92 Å². The normalized spacial score (nSPS) is 42.8. The van der Waals surface area contributed by atoms with E-state index in [0.29, 0.717) is 12.8 Å². The molecule has 0 aromatic carbocycles. The SMILES string of the molecule is O=C1CCC2CC(F)(F)C12. The number of hydrogen-bond acceptors (Lipinski definition) is 1. The molecule has 10 heavy (non-hydrogen) atoms. The number of alkyl halides is 2. The molecule has 0 radical (unpaired) electrons. The van der Waals surface area contributed by atoms with Gasteiger partial charge in [0.2, 0.25) is 0 Å². The van der Waals surface area contributed by atoms with E-state index in [0.717, 1.165) is 0 Å². The lowest BCUT2D eigenvalue weighted by Crippen LogP contribution is -2.47. The van der Waals surface area contributed by atoms with Gasteiger partial charge < -0.3 is 0 Å². The number of carbonyl (C=O) groups excluding carboxylic acids is 1. The summed E-state index contributed by atoms with van der Waals surface area (Å²) < 4.78 is 25.0. The Morgan fingerprint density at radius 1 is 1.50 bits per heavy atom. The van der Waals surface area contributed by atoms with Gasteiger partial charge in [-0.05, 0) is 12.3 Å². The van der Waals surface area contributed by atoms with Gasteiger partial charge >= 0.3 is 0 Å². The van der Waals surface area contributed by atoms with E-state index in [4.69, 9.17) is 0 Å². The van der Waals surface area contributed by atoms with Crippen LogP contribution in [0.5, 0.6) is 0 Å². The molecule has 2 atom stereocenters. The summed E-state index contributed by atoms with van der Waals surface area (Å²) in [5.74, 6) is -3.76. The molecule has 0 aliphatic heterocycles. The van der Waals surface area contributed by atoms with Crippen LogP contribution in [0.2, 0.25) is 0 Å². The lowest BCUT2D eigenvalue weighted by atomic mass is 9.72. The first-order valence-corrected chi connectivity index (χ1v) is 3.52. The Labute approximate surface area is 57.4 Å².